The van der Waals surface area contributed by atoms with Gasteiger partial charge in [-0.1, -0.05) is 11.3 Å². The van der Waals surface area contributed by atoms with Crippen LogP contribution in [0.5, 0.6) is 11.5 Å². The first-order chi connectivity index (χ1) is 9.13. The van der Waals surface area contributed by atoms with Crippen molar-refractivity contribution in [3.63, 3.8) is 0 Å². The molecule has 1 aromatic heterocycles. The van der Waals surface area contributed by atoms with Gasteiger partial charge in [-0.15, -0.1) is 10.2 Å². The molecule has 1 heterocycles. The van der Waals surface area contributed by atoms with E-state index in [2.05, 4.69) is 15.5 Å². The number of carbonyl (C=O) groups excluding carboxylic acids is 1. The summed E-state index contributed by atoms with van der Waals surface area (Å²) in [5.74, 6) is 0.772. The number of nitrogens with one attached hydrogen (secondary N) is 1. The molecule has 0 unspecified atom stereocenters. The molecule has 0 atom stereocenters. The lowest BCUT2D eigenvalue weighted by atomic mass is 10.2. The van der Waals surface area contributed by atoms with E-state index in [9.17, 15) is 4.79 Å². The molecule has 0 aliphatic rings. The maximum Gasteiger partial charge on any atom is 0.261 e. The second-order valence-electron chi connectivity index (χ2n) is 3.65. The topological polar surface area (TPSA) is 73.3 Å². The third-order valence-electron chi connectivity index (χ3n) is 2.40. The third-order valence-corrected chi connectivity index (χ3v) is 3.15. The van der Waals surface area contributed by atoms with Crippen LogP contribution >= 0.6 is 11.3 Å². The highest BCUT2D eigenvalue weighted by Gasteiger charge is 2.15. The number of carbonyl (C=O) groups is 1. The van der Waals surface area contributed by atoms with Gasteiger partial charge in [0.15, 0.2) is 0 Å². The summed E-state index contributed by atoms with van der Waals surface area (Å²) in [4.78, 5) is 12.1. The van der Waals surface area contributed by atoms with E-state index >= 15 is 0 Å². The van der Waals surface area contributed by atoms with Crippen LogP contribution in [0.1, 0.15) is 15.4 Å². The van der Waals surface area contributed by atoms with Gasteiger partial charge in [-0.05, 0) is 19.1 Å². The summed E-state index contributed by atoms with van der Waals surface area (Å²) in [5, 5.41) is 11.6. The Morgan fingerprint density at radius 1 is 1.26 bits per heavy atom. The summed E-state index contributed by atoms with van der Waals surface area (Å²) in [6, 6.07) is 4.99. The summed E-state index contributed by atoms with van der Waals surface area (Å²) >= 11 is 1.31. The van der Waals surface area contributed by atoms with E-state index in [0.717, 1.165) is 5.01 Å². The van der Waals surface area contributed by atoms with Crippen LogP contribution in [-0.2, 0) is 0 Å². The van der Waals surface area contributed by atoms with Gasteiger partial charge in [0.05, 0.1) is 19.8 Å². The Balaban J connectivity index is 2.23. The molecule has 0 aliphatic heterocycles. The molecule has 2 rings (SSSR count). The predicted molar refractivity (Wildman–Crippen MR) is 72.1 cm³/mol. The minimum atomic E-state index is -0.296. The highest BCUT2D eigenvalue weighted by Crippen LogP contribution is 2.25. The van der Waals surface area contributed by atoms with Crippen molar-refractivity contribution < 1.29 is 14.3 Å². The first kappa shape index (κ1) is 13.3. The summed E-state index contributed by atoms with van der Waals surface area (Å²) in [6.07, 6.45) is 0. The fourth-order valence-electron chi connectivity index (χ4n) is 1.50. The number of ether oxygens (including phenoxy) is 2. The lowest BCUT2D eigenvalue weighted by Crippen LogP contribution is -2.13. The van der Waals surface area contributed by atoms with Gasteiger partial charge in [-0.2, -0.15) is 0 Å². The van der Waals surface area contributed by atoms with Crippen LogP contribution in [0.3, 0.4) is 0 Å². The summed E-state index contributed by atoms with van der Waals surface area (Å²) in [6.45, 7) is 1.82. The van der Waals surface area contributed by atoms with E-state index in [-0.39, 0.29) is 5.91 Å². The number of hydrogen-bond donors (Lipinski definition) is 1. The quantitative estimate of drug-likeness (QED) is 0.928. The minimum absolute atomic E-state index is 0.296. The number of nitrogens with zero attached hydrogens (tertiary/aromatic N) is 2. The average molecular weight is 279 g/mol. The van der Waals surface area contributed by atoms with Gasteiger partial charge in [0.25, 0.3) is 5.91 Å². The van der Waals surface area contributed by atoms with Crippen LogP contribution in [0.2, 0.25) is 0 Å². The van der Waals surface area contributed by atoms with Crippen molar-refractivity contribution in [3.05, 3.63) is 28.8 Å². The largest absolute Gasteiger partial charge is 0.497 e. The molecule has 6 nitrogen and oxygen atoms in total. The number of aryl methyl sites for hydroxylation is 1. The predicted octanol–water partition coefficient (Wildman–Crippen LogP) is 2.12. The Labute approximate surface area is 114 Å². The molecule has 0 aliphatic carbocycles. The van der Waals surface area contributed by atoms with Gasteiger partial charge < -0.3 is 9.47 Å². The van der Waals surface area contributed by atoms with Crippen molar-refractivity contribution in [2.45, 2.75) is 6.92 Å². The van der Waals surface area contributed by atoms with Gasteiger partial charge >= 0.3 is 0 Å². The van der Waals surface area contributed by atoms with Gasteiger partial charge in [-0.25, -0.2) is 0 Å². The van der Waals surface area contributed by atoms with E-state index in [0.29, 0.717) is 22.2 Å². The number of aromatic nitrogens is 2. The molecule has 7 heteroatoms. The van der Waals surface area contributed by atoms with Crippen molar-refractivity contribution in [3.8, 4) is 11.5 Å². The van der Waals surface area contributed by atoms with E-state index < -0.39 is 0 Å². The second-order valence-corrected chi connectivity index (χ2v) is 4.83. The molecule has 19 heavy (non-hydrogen) atoms. The zero-order chi connectivity index (χ0) is 13.8. The van der Waals surface area contributed by atoms with Crippen LogP contribution in [0.15, 0.2) is 18.2 Å². The van der Waals surface area contributed by atoms with Gasteiger partial charge in [0.2, 0.25) is 5.13 Å². The lowest BCUT2D eigenvalue weighted by Gasteiger charge is -2.09. The van der Waals surface area contributed by atoms with Crippen molar-refractivity contribution in [1.82, 2.24) is 10.2 Å². The fraction of sp³-hybridized carbons (Fsp3) is 0.250. The van der Waals surface area contributed by atoms with E-state index in [4.69, 9.17) is 9.47 Å². The van der Waals surface area contributed by atoms with Crippen molar-refractivity contribution in [1.29, 1.82) is 0 Å². The second kappa shape index (κ2) is 5.66. The molecule has 0 bridgehead atoms. The first-order valence-corrected chi connectivity index (χ1v) is 6.29. The van der Waals surface area contributed by atoms with Crippen molar-refractivity contribution >= 4 is 22.4 Å². The standard InChI is InChI=1S/C12H13N3O3S/c1-7-14-15-12(19-7)13-11(16)9-5-4-8(17-2)6-10(9)18-3/h4-6H,1-3H3,(H,13,15,16). The molecule has 1 aromatic carbocycles. The Morgan fingerprint density at radius 2 is 2.05 bits per heavy atom. The Hall–Kier alpha value is -2.15. The monoisotopic (exact) mass is 279 g/mol. The minimum Gasteiger partial charge on any atom is -0.497 e. The van der Waals surface area contributed by atoms with Gasteiger partial charge in [0, 0.05) is 6.07 Å². The Morgan fingerprint density at radius 3 is 2.63 bits per heavy atom. The maximum atomic E-state index is 12.1. The third kappa shape index (κ3) is 3.00. The van der Waals surface area contributed by atoms with Crippen LogP contribution in [0, 0.1) is 6.92 Å². The zero-order valence-corrected chi connectivity index (χ0v) is 11.6. The van der Waals surface area contributed by atoms with E-state index in [1.165, 1.54) is 18.4 Å². The zero-order valence-electron chi connectivity index (χ0n) is 10.8. The molecule has 0 spiro atoms. The smallest absolute Gasteiger partial charge is 0.261 e. The van der Waals surface area contributed by atoms with Crippen molar-refractivity contribution in [2.75, 3.05) is 19.5 Å². The first-order valence-electron chi connectivity index (χ1n) is 5.47. The highest BCUT2D eigenvalue weighted by molar-refractivity contribution is 7.15. The number of benzene rings is 1. The lowest BCUT2D eigenvalue weighted by molar-refractivity contribution is 0.102. The molecule has 1 N–H and O–H groups in total. The number of hydrogen-bond acceptors (Lipinski definition) is 6. The van der Waals surface area contributed by atoms with Gasteiger partial charge in [0.1, 0.15) is 16.5 Å². The number of anilines is 1. The van der Waals surface area contributed by atoms with Crippen LogP contribution in [0.25, 0.3) is 0 Å². The van der Waals surface area contributed by atoms with Gasteiger partial charge in [-0.3, -0.25) is 10.1 Å². The Bertz CT molecular complexity index is 598. The number of rotatable bonds is 4. The van der Waals surface area contributed by atoms with Crippen LogP contribution in [-0.4, -0.2) is 30.3 Å². The number of amides is 1. The molecule has 1 amide bonds. The summed E-state index contributed by atoms with van der Waals surface area (Å²) in [7, 11) is 3.05. The molecule has 2 aromatic rings. The fourth-order valence-corrected chi connectivity index (χ4v) is 2.08. The molecule has 0 saturated heterocycles. The molecular formula is C12H13N3O3S. The summed E-state index contributed by atoms with van der Waals surface area (Å²) < 4.78 is 10.3. The van der Waals surface area contributed by atoms with Crippen LogP contribution in [0.4, 0.5) is 5.13 Å². The molecular weight excluding hydrogens is 266 g/mol. The maximum absolute atomic E-state index is 12.1. The van der Waals surface area contributed by atoms with E-state index in [1.54, 1.807) is 25.3 Å². The molecule has 100 valence electrons. The van der Waals surface area contributed by atoms with Crippen molar-refractivity contribution in [2.24, 2.45) is 0 Å². The van der Waals surface area contributed by atoms with Crippen LogP contribution < -0.4 is 14.8 Å². The SMILES string of the molecule is COc1ccc(C(=O)Nc2nnc(C)s2)c(OC)c1. The molecule has 0 fully saturated rings. The normalized spacial score (nSPS) is 10.1. The Kier molecular flexibility index (Phi) is 3.96. The molecule has 0 radical (unpaired) electrons. The average Bonchev–Trinajstić information content (AvgIpc) is 2.83. The highest BCUT2D eigenvalue weighted by atomic mass is 32.1. The van der Waals surface area contributed by atoms with E-state index in [1.807, 2.05) is 6.92 Å². The number of methoxy groups -OCH3 is 2. The summed E-state index contributed by atoms with van der Waals surface area (Å²) in [5.41, 5.74) is 0.413. The molecule has 0 saturated carbocycles.